The Morgan fingerprint density at radius 2 is 1.93 bits per heavy atom. The molecule has 3 aliphatic carbocycles. The van der Waals surface area contributed by atoms with Gasteiger partial charge in [0.15, 0.2) is 5.78 Å². The summed E-state index contributed by atoms with van der Waals surface area (Å²) in [5.74, 6) is 0.0330. The maximum atomic E-state index is 14.2. The van der Waals surface area contributed by atoms with Crippen LogP contribution in [-0.2, 0) is 20.3 Å². The summed E-state index contributed by atoms with van der Waals surface area (Å²) in [7, 11) is -0.113. The van der Waals surface area contributed by atoms with E-state index in [1.54, 1.807) is 0 Å². The number of ketones is 1. The molecule has 0 aromatic heterocycles. The quantitative estimate of drug-likeness (QED) is 0.783. The minimum absolute atomic E-state index is 0.0973. The Labute approximate surface area is 169 Å². The number of ether oxygens (including phenoxy) is 1. The van der Waals surface area contributed by atoms with Crippen LogP contribution in [0.1, 0.15) is 44.6 Å². The third-order valence-corrected chi connectivity index (χ3v) is 9.35. The fraction of sp³-hybridized carbons (Fsp3) is 0.522. The van der Waals surface area contributed by atoms with E-state index in [2.05, 4.69) is 6.08 Å². The van der Waals surface area contributed by atoms with Crippen molar-refractivity contribution in [3.05, 3.63) is 53.3 Å². The number of rotatable bonds is 3. The van der Waals surface area contributed by atoms with Crippen LogP contribution in [0.2, 0.25) is 0 Å². The molecule has 28 heavy (non-hydrogen) atoms. The zero-order valence-electron chi connectivity index (χ0n) is 16.7. The van der Waals surface area contributed by atoms with Crippen molar-refractivity contribution >= 4 is 16.6 Å². The van der Waals surface area contributed by atoms with Gasteiger partial charge in [0.1, 0.15) is 16.6 Å². The highest BCUT2D eigenvalue weighted by atomic mass is 32.2. The van der Waals surface area contributed by atoms with Crippen LogP contribution in [0.5, 0.6) is 0 Å². The zero-order chi connectivity index (χ0) is 20.1. The molecule has 1 unspecified atom stereocenters. The Balaban J connectivity index is 1.98. The number of aryl methyl sites for hydroxylation is 1. The number of aliphatic hydroxyl groups excluding tert-OH is 1. The highest BCUT2D eigenvalue weighted by Gasteiger charge is 2.68. The Morgan fingerprint density at radius 1 is 1.21 bits per heavy atom. The lowest BCUT2D eigenvalue weighted by atomic mass is 9.54. The summed E-state index contributed by atoms with van der Waals surface area (Å²) < 4.78 is 18.5. The van der Waals surface area contributed by atoms with Gasteiger partial charge in [-0.3, -0.25) is 9.00 Å². The third kappa shape index (κ3) is 2.52. The predicted molar refractivity (Wildman–Crippen MR) is 109 cm³/mol. The number of hydrogen-bond donors (Lipinski definition) is 1. The first-order chi connectivity index (χ1) is 13.4. The van der Waals surface area contributed by atoms with Gasteiger partial charge in [0.25, 0.3) is 0 Å². The molecular weight excluding hydrogens is 372 g/mol. The van der Waals surface area contributed by atoms with Crippen LogP contribution < -0.4 is 0 Å². The molecule has 0 bridgehead atoms. The summed E-state index contributed by atoms with van der Waals surface area (Å²) >= 11 is 0. The predicted octanol–water partition coefficient (Wildman–Crippen LogP) is 3.84. The van der Waals surface area contributed by atoms with Gasteiger partial charge in [-0.2, -0.15) is 0 Å². The summed E-state index contributed by atoms with van der Waals surface area (Å²) in [5.41, 5.74) is 1.39. The number of carbonyl (C=O) groups excluding carboxylic acids is 1. The van der Waals surface area contributed by atoms with E-state index in [0.29, 0.717) is 11.3 Å². The van der Waals surface area contributed by atoms with Crippen molar-refractivity contribution in [2.24, 2.45) is 11.3 Å². The molecule has 1 aromatic carbocycles. The second-order valence-corrected chi connectivity index (χ2v) is 10.2. The number of carbonyl (C=O) groups is 1. The Bertz CT molecular complexity index is 884. The smallest absolute Gasteiger partial charge is 0.166 e. The third-order valence-electron chi connectivity index (χ3n) is 7.08. The normalized spacial score (nSPS) is 35.9. The largest absolute Gasteiger partial charge is 0.498 e. The molecule has 1 saturated carbocycles. The van der Waals surface area contributed by atoms with Crippen LogP contribution in [0.3, 0.4) is 0 Å². The summed E-state index contributed by atoms with van der Waals surface area (Å²) in [6.45, 7) is 3.87. The maximum absolute atomic E-state index is 14.2. The molecule has 0 radical (unpaired) electrons. The van der Waals surface area contributed by atoms with Crippen molar-refractivity contribution in [3.8, 4) is 0 Å². The van der Waals surface area contributed by atoms with Crippen LogP contribution in [0.25, 0.3) is 0 Å². The van der Waals surface area contributed by atoms with Gasteiger partial charge in [-0.05, 0) is 44.7 Å². The standard InChI is InChI=1S/C23H28O4S/c1-15-8-10-17(11-9-15)28(26)23-18-7-5-4-6-16(18)12-13-22(23,2)20(24)14-19(27-3)21(23)25/h8-12,14,18,21,25H,4-7,13H2,1-3H3/t18-,21+,22-,23-,28?/m0/s1. The first kappa shape index (κ1) is 19.6. The topological polar surface area (TPSA) is 63.6 Å². The average molecular weight is 401 g/mol. The molecule has 0 saturated heterocycles. The van der Waals surface area contributed by atoms with Gasteiger partial charge < -0.3 is 9.84 Å². The van der Waals surface area contributed by atoms with E-state index >= 15 is 0 Å². The number of aliphatic hydroxyl groups is 1. The molecule has 4 nitrogen and oxygen atoms in total. The zero-order valence-corrected chi connectivity index (χ0v) is 17.6. The molecule has 0 spiro atoms. The molecule has 4 rings (SSSR count). The van der Waals surface area contributed by atoms with Crippen molar-refractivity contribution in [1.29, 1.82) is 0 Å². The molecular formula is C23H28O4S. The number of benzene rings is 1. The Hall–Kier alpha value is -1.72. The second-order valence-electron chi connectivity index (χ2n) is 8.51. The van der Waals surface area contributed by atoms with Crippen LogP contribution in [-0.4, -0.2) is 33.1 Å². The Kier molecular flexibility index (Phi) is 4.87. The number of allylic oxidation sites excluding steroid dienone is 3. The molecule has 0 heterocycles. The fourth-order valence-corrected chi connectivity index (χ4v) is 7.69. The van der Waals surface area contributed by atoms with Gasteiger partial charge in [-0.25, -0.2) is 0 Å². The van der Waals surface area contributed by atoms with Crippen LogP contribution in [0.4, 0.5) is 0 Å². The number of hydrogen-bond acceptors (Lipinski definition) is 4. The van der Waals surface area contributed by atoms with Crippen molar-refractivity contribution in [2.45, 2.75) is 61.7 Å². The number of methoxy groups -OCH3 is 1. The second kappa shape index (κ2) is 6.96. The molecule has 1 aromatic rings. The summed E-state index contributed by atoms with van der Waals surface area (Å²) in [6, 6.07) is 7.60. The van der Waals surface area contributed by atoms with Gasteiger partial charge in [0.05, 0.1) is 23.3 Å². The van der Waals surface area contributed by atoms with Gasteiger partial charge in [-0.15, -0.1) is 0 Å². The molecule has 0 amide bonds. The van der Waals surface area contributed by atoms with E-state index in [9.17, 15) is 14.1 Å². The monoisotopic (exact) mass is 400 g/mol. The van der Waals surface area contributed by atoms with E-state index in [-0.39, 0.29) is 17.5 Å². The van der Waals surface area contributed by atoms with Crippen LogP contribution >= 0.6 is 0 Å². The fourth-order valence-electron chi connectivity index (χ4n) is 5.48. The minimum atomic E-state index is -1.58. The molecule has 5 heteroatoms. The van der Waals surface area contributed by atoms with Crippen molar-refractivity contribution in [3.63, 3.8) is 0 Å². The minimum Gasteiger partial charge on any atom is -0.498 e. The van der Waals surface area contributed by atoms with Crippen LogP contribution in [0, 0.1) is 18.3 Å². The molecule has 1 N–H and O–H groups in total. The van der Waals surface area contributed by atoms with E-state index in [1.807, 2.05) is 38.1 Å². The Morgan fingerprint density at radius 3 is 2.61 bits per heavy atom. The van der Waals surface area contributed by atoms with Crippen molar-refractivity contribution < 1.29 is 18.8 Å². The lowest BCUT2D eigenvalue weighted by Crippen LogP contribution is -2.69. The number of fused-ring (bicyclic) bond motifs is 3. The van der Waals surface area contributed by atoms with E-state index in [1.165, 1.54) is 18.8 Å². The highest BCUT2D eigenvalue weighted by Crippen LogP contribution is 2.60. The van der Waals surface area contributed by atoms with Crippen molar-refractivity contribution in [1.82, 2.24) is 0 Å². The summed E-state index contributed by atoms with van der Waals surface area (Å²) in [4.78, 5) is 14.0. The first-order valence-corrected chi connectivity index (χ1v) is 11.2. The van der Waals surface area contributed by atoms with Gasteiger partial charge in [-0.1, -0.05) is 42.7 Å². The van der Waals surface area contributed by atoms with Gasteiger partial charge in [0, 0.05) is 16.9 Å². The molecule has 3 aliphatic rings. The van der Waals surface area contributed by atoms with E-state index < -0.39 is 27.1 Å². The molecule has 150 valence electrons. The highest BCUT2D eigenvalue weighted by molar-refractivity contribution is 7.86. The van der Waals surface area contributed by atoms with Crippen molar-refractivity contribution in [2.75, 3.05) is 7.11 Å². The average Bonchev–Trinajstić information content (AvgIpc) is 2.71. The maximum Gasteiger partial charge on any atom is 0.166 e. The molecule has 0 aliphatic heterocycles. The summed E-state index contributed by atoms with van der Waals surface area (Å²) in [5, 5.41) is 11.6. The van der Waals surface area contributed by atoms with E-state index in [4.69, 9.17) is 4.74 Å². The molecule has 5 atom stereocenters. The SMILES string of the molecule is COC1=CC(=O)[C@]2(C)CC=C3CCCC[C@@H]3[C@]2(S(=O)c2ccc(C)cc2)[C@@H]1O. The first-order valence-electron chi connectivity index (χ1n) is 10.0. The van der Waals surface area contributed by atoms with E-state index in [0.717, 1.165) is 31.2 Å². The molecule has 1 fully saturated rings. The summed E-state index contributed by atoms with van der Waals surface area (Å²) in [6.07, 6.45) is 6.89. The lowest BCUT2D eigenvalue weighted by Gasteiger charge is -2.58. The van der Waals surface area contributed by atoms with Gasteiger partial charge in [0.2, 0.25) is 0 Å². The lowest BCUT2D eigenvalue weighted by molar-refractivity contribution is -0.132. The van der Waals surface area contributed by atoms with Gasteiger partial charge >= 0.3 is 0 Å². The van der Waals surface area contributed by atoms with Crippen LogP contribution in [0.15, 0.2) is 52.6 Å².